The highest BCUT2D eigenvalue weighted by Crippen LogP contribution is 2.37. The van der Waals surface area contributed by atoms with E-state index in [1.165, 1.54) is 10.5 Å². The quantitative estimate of drug-likeness (QED) is 0.404. The molecule has 0 spiro atoms. The molecule has 0 saturated heterocycles. The number of aromatic nitrogens is 2. The topological polar surface area (TPSA) is 56.3 Å². The van der Waals surface area contributed by atoms with Gasteiger partial charge in [-0.3, -0.25) is 0 Å². The fourth-order valence-electron chi connectivity index (χ4n) is 3.42. The van der Waals surface area contributed by atoms with Crippen molar-refractivity contribution in [2.45, 2.75) is 4.90 Å². The summed E-state index contributed by atoms with van der Waals surface area (Å²) in [5, 5.41) is 3.96. The first-order valence-corrected chi connectivity index (χ1v) is 10.8. The highest BCUT2D eigenvalue weighted by atomic mass is 32.2. The van der Waals surface area contributed by atoms with Crippen LogP contribution in [0.4, 0.5) is 5.95 Å². The van der Waals surface area contributed by atoms with Gasteiger partial charge in [0.15, 0.2) is 11.5 Å². The minimum absolute atomic E-state index is 0.555. The van der Waals surface area contributed by atoms with Gasteiger partial charge in [-0.15, -0.1) is 11.8 Å². The summed E-state index contributed by atoms with van der Waals surface area (Å²) in [4.78, 5) is 10.6. The summed E-state index contributed by atoms with van der Waals surface area (Å²) in [6, 6.07) is 20.8. The molecule has 1 heterocycles. The molecule has 30 heavy (non-hydrogen) atoms. The predicted octanol–water partition coefficient (Wildman–Crippen LogP) is 5.74. The zero-order valence-corrected chi connectivity index (χ0v) is 18.2. The molecule has 5 nitrogen and oxygen atoms in total. The van der Waals surface area contributed by atoms with Crippen molar-refractivity contribution < 1.29 is 9.47 Å². The third-order valence-corrected chi connectivity index (χ3v) is 5.73. The van der Waals surface area contributed by atoms with Crippen LogP contribution in [0.15, 0.2) is 65.6 Å². The predicted molar refractivity (Wildman–Crippen MR) is 125 cm³/mol. The third kappa shape index (κ3) is 3.78. The van der Waals surface area contributed by atoms with Gasteiger partial charge < -0.3 is 14.8 Å². The molecular formula is C24H23N3O2S. The molecule has 4 rings (SSSR count). The Balaban J connectivity index is 1.89. The number of rotatable bonds is 6. The molecule has 4 aromatic rings. The zero-order valence-electron chi connectivity index (χ0n) is 17.4. The number of nitrogens with zero attached hydrogens (tertiary/aromatic N) is 2. The van der Waals surface area contributed by atoms with Crippen molar-refractivity contribution in [3.05, 3.63) is 60.7 Å². The van der Waals surface area contributed by atoms with Crippen LogP contribution >= 0.6 is 11.8 Å². The Morgan fingerprint density at radius 1 is 0.800 bits per heavy atom. The normalized spacial score (nSPS) is 10.8. The van der Waals surface area contributed by atoms with E-state index in [-0.39, 0.29) is 0 Å². The maximum Gasteiger partial charge on any atom is 0.223 e. The summed E-state index contributed by atoms with van der Waals surface area (Å²) >= 11 is 1.74. The monoisotopic (exact) mass is 417 g/mol. The Hall–Kier alpha value is -3.25. The molecule has 6 heteroatoms. The van der Waals surface area contributed by atoms with Crippen LogP contribution in [0.1, 0.15) is 0 Å². The van der Waals surface area contributed by atoms with Gasteiger partial charge in [0, 0.05) is 29.0 Å². The molecule has 0 unspecified atom stereocenters. The van der Waals surface area contributed by atoms with Gasteiger partial charge in [-0.2, -0.15) is 0 Å². The van der Waals surface area contributed by atoms with E-state index in [2.05, 4.69) is 65.1 Å². The SMILES string of the molecule is CNc1nc(-c2cccc(-c3ccc(SC)cc3)c2)c2cc(OC)c(OC)cc2n1. The number of fused-ring (bicyclic) bond motifs is 1. The lowest BCUT2D eigenvalue weighted by Crippen LogP contribution is -2.00. The van der Waals surface area contributed by atoms with Crippen LogP contribution in [0.5, 0.6) is 11.5 Å². The molecule has 152 valence electrons. The van der Waals surface area contributed by atoms with Crippen molar-refractivity contribution in [1.29, 1.82) is 0 Å². The Morgan fingerprint density at radius 2 is 1.50 bits per heavy atom. The van der Waals surface area contributed by atoms with Crippen molar-refractivity contribution in [3.8, 4) is 33.9 Å². The number of nitrogens with one attached hydrogen (secondary N) is 1. The van der Waals surface area contributed by atoms with Gasteiger partial charge in [-0.25, -0.2) is 9.97 Å². The van der Waals surface area contributed by atoms with Gasteiger partial charge in [0.2, 0.25) is 5.95 Å². The molecule has 0 aliphatic rings. The fourth-order valence-corrected chi connectivity index (χ4v) is 3.83. The Kier molecular flexibility index (Phi) is 5.77. The molecule has 0 saturated carbocycles. The molecule has 0 fully saturated rings. The van der Waals surface area contributed by atoms with E-state index < -0.39 is 0 Å². The first-order valence-electron chi connectivity index (χ1n) is 9.53. The number of methoxy groups -OCH3 is 2. The van der Waals surface area contributed by atoms with Crippen LogP contribution in [0.2, 0.25) is 0 Å². The van der Waals surface area contributed by atoms with Gasteiger partial charge in [-0.05, 0) is 41.6 Å². The Bertz CT molecular complexity index is 1190. The van der Waals surface area contributed by atoms with Gasteiger partial charge >= 0.3 is 0 Å². The molecule has 1 N–H and O–H groups in total. The number of anilines is 1. The fraction of sp³-hybridized carbons (Fsp3) is 0.167. The van der Waals surface area contributed by atoms with Crippen LogP contribution in [-0.2, 0) is 0 Å². The molecule has 0 bridgehead atoms. The van der Waals surface area contributed by atoms with Crippen molar-refractivity contribution in [2.75, 3.05) is 32.8 Å². The van der Waals surface area contributed by atoms with Crippen LogP contribution in [-0.4, -0.2) is 37.5 Å². The van der Waals surface area contributed by atoms with Crippen LogP contribution in [0.25, 0.3) is 33.3 Å². The highest BCUT2D eigenvalue weighted by Gasteiger charge is 2.15. The van der Waals surface area contributed by atoms with Crippen molar-refractivity contribution in [1.82, 2.24) is 9.97 Å². The van der Waals surface area contributed by atoms with Crippen molar-refractivity contribution in [2.24, 2.45) is 0 Å². The van der Waals surface area contributed by atoms with E-state index in [0.717, 1.165) is 27.7 Å². The number of hydrogen-bond acceptors (Lipinski definition) is 6. The van der Waals surface area contributed by atoms with Crippen LogP contribution in [0.3, 0.4) is 0 Å². The number of thioether (sulfide) groups is 1. The average Bonchev–Trinajstić information content (AvgIpc) is 2.82. The van der Waals surface area contributed by atoms with Gasteiger partial charge in [0.1, 0.15) is 0 Å². The summed E-state index contributed by atoms with van der Waals surface area (Å²) in [6.45, 7) is 0. The maximum absolute atomic E-state index is 5.51. The van der Waals surface area contributed by atoms with Gasteiger partial charge in [0.05, 0.1) is 25.4 Å². The van der Waals surface area contributed by atoms with E-state index in [0.29, 0.717) is 17.4 Å². The van der Waals surface area contributed by atoms with E-state index >= 15 is 0 Å². The molecular weight excluding hydrogens is 394 g/mol. The molecule has 3 aromatic carbocycles. The van der Waals surface area contributed by atoms with E-state index in [4.69, 9.17) is 14.5 Å². The Morgan fingerprint density at radius 3 is 2.17 bits per heavy atom. The first kappa shape index (κ1) is 20.0. The largest absolute Gasteiger partial charge is 0.493 e. The molecule has 0 amide bonds. The second kappa shape index (κ2) is 8.63. The second-order valence-corrected chi connectivity index (χ2v) is 7.56. The van der Waals surface area contributed by atoms with Crippen molar-refractivity contribution >= 4 is 28.6 Å². The lowest BCUT2D eigenvalue weighted by atomic mass is 9.99. The molecule has 0 atom stereocenters. The summed E-state index contributed by atoms with van der Waals surface area (Å²) in [5.74, 6) is 1.84. The third-order valence-electron chi connectivity index (χ3n) is 4.98. The van der Waals surface area contributed by atoms with E-state index in [9.17, 15) is 0 Å². The lowest BCUT2D eigenvalue weighted by molar-refractivity contribution is 0.356. The summed E-state index contributed by atoms with van der Waals surface area (Å²) in [6.07, 6.45) is 2.08. The minimum atomic E-state index is 0.555. The zero-order chi connectivity index (χ0) is 21.1. The molecule has 0 radical (unpaired) electrons. The van der Waals surface area contributed by atoms with Crippen molar-refractivity contribution in [3.63, 3.8) is 0 Å². The molecule has 1 aromatic heterocycles. The highest BCUT2D eigenvalue weighted by molar-refractivity contribution is 7.98. The summed E-state index contributed by atoms with van der Waals surface area (Å²) in [5.41, 5.74) is 4.95. The summed E-state index contributed by atoms with van der Waals surface area (Å²) in [7, 11) is 5.07. The van der Waals surface area contributed by atoms with E-state index in [1.54, 1.807) is 26.0 Å². The molecule has 0 aliphatic heterocycles. The summed E-state index contributed by atoms with van der Waals surface area (Å²) < 4.78 is 11.0. The van der Waals surface area contributed by atoms with Gasteiger partial charge in [0.25, 0.3) is 0 Å². The number of ether oxygens (including phenoxy) is 2. The maximum atomic E-state index is 5.51. The molecule has 0 aliphatic carbocycles. The van der Waals surface area contributed by atoms with Crippen LogP contribution in [0, 0.1) is 0 Å². The minimum Gasteiger partial charge on any atom is -0.493 e. The van der Waals surface area contributed by atoms with Crippen LogP contribution < -0.4 is 14.8 Å². The standard InChI is InChI=1S/C24H23N3O2S/c1-25-24-26-20-14-22(29-3)21(28-2)13-19(20)23(27-24)17-7-5-6-16(12-17)15-8-10-18(30-4)11-9-15/h5-14H,1-4H3,(H,25,26,27). The Labute approximate surface area is 180 Å². The first-order chi connectivity index (χ1) is 14.7. The lowest BCUT2D eigenvalue weighted by Gasteiger charge is -2.13. The van der Waals surface area contributed by atoms with E-state index in [1.807, 2.05) is 19.2 Å². The second-order valence-electron chi connectivity index (χ2n) is 6.68. The average molecular weight is 418 g/mol. The van der Waals surface area contributed by atoms with Gasteiger partial charge in [-0.1, -0.05) is 30.3 Å². The smallest absolute Gasteiger partial charge is 0.223 e. The number of hydrogen-bond donors (Lipinski definition) is 1. The number of benzene rings is 3.